The van der Waals surface area contributed by atoms with Crippen molar-refractivity contribution in [2.75, 3.05) is 13.2 Å². The molecule has 1 saturated heterocycles. The van der Waals surface area contributed by atoms with E-state index in [0.717, 1.165) is 31.1 Å². The van der Waals surface area contributed by atoms with Gasteiger partial charge < -0.3 is 10.1 Å². The second-order valence-electron chi connectivity index (χ2n) is 5.08. The van der Waals surface area contributed by atoms with E-state index in [1.807, 2.05) is 12.1 Å². The zero-order chi connectivity index (χ0) is 12.3. The third kappa shape index (κ3) is 3.44. The molecule has 1 aromatic carbocycles. The molecule has 2 nitrogen and oxygen atoms in total. The third-order valence-electron chi connectivity index (χ3n) is 3.42. The number of aryl methyl sites for hydroxylation is 1. The van der Waals surface area contributed by atoms with Gasteiger partial charge in [0, 0.05) is 24.7 Å². The highest BCUT2D eigenvalue weighted by atomic mass is 35.5. The minimum Gasteiger partial charge on any atom is -0.374 e. The van der Waals surface area contributed by atoms with E-state index in [4.69, 9.17) is 16.3 Å². The highest BCUT2D eigenvalue weighted by molar-refractivity contribution is 6.30. The summed E-state index contributed by atoms with van der Waals surface area (Å²) < 4.78 is 5.74. The summed E-state index contributed by atoms with van der Waals surface area (Å²) in [5.41, 5.74) is 2.57. The lowest BCUT2D eigenvalue weighted by Crippen LogP contribution is -2.36. The number of rotatable bonds is 4. The highest BCUT2D eigenvalue weighted by Crippen LogP contribution is 2.24. The van der Waals surface area contributed by atoms with Crippen LogP contribution in [0.3, 0.4) is 0 Å². The number of halogens is 1. The van der Waals surface area contributed by atoms with E-state index in [-0.39, 0.29) is 5.60 Å². The number of ether oxygens (including phenoxy) is 1. The largest absolute Gasteiger partial charge is 0.374 e. The summed E-state index contributed by atoms with van der Waals surface area (Å²) in [6.45, 7) is 6.97. The monoisotopic (exact) mass is 253 g/mol. The topological polar surface area (TPSA) is 21.3 Å². The van der Waals surface area contributed by atoms with Crippen LogP contribution in [-0.2, 0) is 11.3 Å². The molecule has 1 aliphatic rings. The van der Waals surface area contributed by atoms with Crippen LogP contribution in [0.4, 0.5) is 0 Å². The van der Waals surface area contributed by atoms with Crippen LogP contribution < -0.4 is 5.32 Å². The number of hydrogen-bond donors (Lipinski definition) is 1. The van der Waals surface area contributed by atoms with Gasteiger partial charge in [-0.3, -0.25) is 0 Å². The second kappa shape index (κ2) is 5.38. The molecule has 2 rings (SSSR count). The number of hydrogen-bond acceptors (Lipinski definition) is 2. The Morgan fingerprint density at radius 3 is 2.94 bits per heavy atom. The van der Waals surface area contributed by atoms with Crippen molar-refractivity contribution < 1.29 is 4.74 Å². The molecule has 1 unspecified atom stereocenters. The molecule has 0 radical (unpaired) electrons. The summed E-state index contributed by atoms with van der Waals surface area (Å²) in [7, 11) is 0. The van der Waals surface area contributed by atoms with Crippen LogP contribution in [0.15, 0.2) is 18.2 Å². The summed E-state index contributed by atoms with van der Waals surface area (Å²) in [5, 5.41) is 4.28. The minimum absolute atomic E-state index is 0.0281. The summed E-state index contributed by atoms with van der Waals surface area (Å²) in [6.07, 6.45) is 2.33. The maximum atomic E-state index is 5.94. The molecule has 1 N–H and O–H groups in total. The van der Waals surface area contributed by atoms with Gasteiger partial charge in [0.1, 0.15) is 0 Å². The maximum absolute atomic E-state index is 5.94. The quantitative estimate of drug-likeness (QED) is 0.889. The fourth-order valence-corrected chi connectivity index (χ4v) is 2.52. The Labute approximate surface area is 108 Å². The lowest BCUT2D eigenvalue weighted by molar-refractivity contribution is 0.0206. The van der Waals surface area contributed by atoms with Crippen LogP contribution in [-0.4, -0.2) is 18.8 Å². The number of benzene rings is 1. The molecule has 1 aromatic rings. The smallest absolute Gasteiger partial charge is 0.0779 e. The van der Waals surface area contributed by atoms with Gasteiger partial charge in [-0.1, -0.05) is 17.7 Å². The van der Waals surface area contributed by atoms with Crippen molar-refractivity contribution in [1.82, 2.24) is 5.32 Å². The van der Waals surface area contributed by atoms with E-state index < -0.39 is 0 Å². The van der Waals surface area contributed by atoms with Gasteiger partial charge in [0.05, 0.1) is 5.60 Å². The fourth-order valence-electron chi connectivity index (χ4n) is 2.30. The van der Waals surface area contributed by atoms with Gasteiger partial charge in [0.25, 0.3) is 0 Å². The molecule has 0 aliphatic carbocycles. The lowest BCUT2D eigenvalue weighted by atomic mass is 10.0. The van der Waals surface area contributed by atoms with Gasteiger partial charge in [-0.25, -0.2) is 0 Å². The zero-order valence-corrected chi connectivity index (χ0v) is 11.3. The molecule has 1 atom stereocenters. The highest BCUT2D eigenvalue weighted by Gasteiger charge is 2.28. The van der Waals surface area contributed by atoms with Gasteiger partial charge in [-0.2, -0.15) is 0 Å². The fraction of sp³-hybridized carbons (Fsp3) is 0.571. The molecule has 0 saturated carbocycles. The Hall–Kier alpha value is -0.570. The van der Waals surface area contributed by atoms with E-state index in [1.165, 1.54) is 17.5 Å². The zero-order valence-electron chi connectivity index (χ0n) is 10.6. The molecule has 3 heteroatoms. The van der Waals surface area contributed by atoms with Crippen molar-refractivity contribution in [3.63, 3.8) is 0 Å². The molecule has 1 heterocycles. The Kier molecular flexibility index (Phi) is 4.08. The van der Waals surface area contributed by atoms with Crippen LogP contribution >= 0.6 is 11.6 Å². The van der Waals surface area contributed by atoms with E-state index in [1.54, 1.807) is 0 Å². The van der Waals surface area contributed by atoms with Gasteiger partial charge >= 0.3 is 0 Å². The standard InChI is InChI=1S/C14H20ClNO/c1-11-8-13(15)5-4-12(11)9-16-10-14(2)6-3-7-17-14/h4-5,8,16H,3,6-7,9-10H2,1-2H3. The van der Waals surface area contributed by atoms with Crippen LogP contribution in [0.5, 0.6) is 0 Å². The average Bonchev–Trinajstić information content (AvgIpc) is 2.69. The molecular weight excluding hydrogens is 234 g/mol. The molecule has 94 valence electrons. The summed E-state index contributed by atoms with van der Waals surface area (Å²) >= 11 is 5.94. The lowest BCUT2D eigenvalue weighted by Gasteiger charge is -2.23. The predicted octanol–water partition coefficient (Wildman–Crippen LogP) is 3.31. The Bertz CT molecular complexity index is 386. The predicted molar refractivity (Wildman–Crippen MR) is 71.5 cm³/mol. The Balaban J connectivity index is 1.85. The molecule has 0 aromatic heterocycles. The van der Waals surface area contributed by atoms with E-state index >= 15 is 0 Å². The summed E-state index contributed by atoms with van der Waals surface area (Å²) in [4.78, 5) is 0. The molecular formula is C14H20ClNO. The number of nitrogens with one attached hydrogen (secondary N) is 1. The van der Waals surface area contributed by atoms with Gasteiger partial charge in [-0.15, -0.1) is 0 Å². The van der Waals surface area contributed by atoms with Crippen LogP contribution in [0.25, 0.3) is 0 Å². The average molecular weight is 254 g/mol. The van der Waals surface area contributed by atoms with Crippen LogP contribution in [0, 0.1) is 6.92 Å². The molecule has 1 aliphatic heterocycles. The molecule has 0 bridgehead atoms. The second-order valence-corrected chi connectivity index (χ2v) is 5.51. The van der Waals surface area contributed by atoms with Gasteiger partial charge in [-0.05, 0) is 49.9 Å². The van der Waals surface area contributed by atoms with Crippen LogP contribution in [0.2, 0.25) is 5.02 Å². The first-order chi connectivity index (χ1) is 8.09. The first-order valence-electron chi connectivity index (χ1n) is 6.19. The van der Waals surface area contributed by atoms with E-state index in [2.05, 4.69) is 25.2 Å². The van der Waals surface area contributed by atoms with Crippen molar-refractivity contribution in [3.8, 4) is 0 Å². The third-order valence-corrected chi connectivity index (χ3v) is 3.65. The van der Waals surface area contributed by atoms with Crippen molar-refractivity contribution in [3.05, 3.63) is 34.3 Å². The first-order valence-corrected chi connectivity index (χ1v) is 6.57. The SMILES string of the molecule is Cc1cc(Cl)ccc1CNCC1(C)CCCO1. The van der Waals surface area contributed by atoms with E-state index in [9.17, 15) is 0 Å². The van der Waals surface area contributed by atoms with Gasteiger partial charge in [0.2, 0.25) is 0 Å². The van der Waals surface area contributed by atoms with Crippen molar-refractivity contribution in [1.29, 1.82) is 0 Å². The van der Waals surface area contributed by atoms with E-state index in [0.29, 0.717) is 0 Å². The molecule has 0 spiro atoms. The minimum atomic E-state index is 0.0281. The normalized spacial score (nSPS) is 24.2. The molecule has 17 heavy (non-hydrogen) atoms. The Morgan fingerprint density at radius 1 is 1.47 bits per heavy atom. The maximum Gasteiger partial charge on any atom is 0.0779 e. The molecule has 1 fully saturated rings. The summed E-state index contributed by atoms with van der Waals surface area (Å²) in [5.74, 6) is 0. The molecule has 0 amide bonds. The first kappa shape index (κ1) is 12.9. The van der Waals surface area contributed by atoms with Crippen molar-refractivity contribution >= 4 is 11.6 Å². The summed E-state index contributed by atoms with van der Waals surface area (Å²) in [6, 6.07) is 6.04. The van der Waals surface area contributed by atoms with Crippen molar-refractivity contribution in [2.45, 2.75) is 38.8 Å². The Morgan fingerprint density at radius 2 is 2.29 bits per heavy atom. The van der Waals surface area contributed by atoms with Crippen molar-refractivity contribution in [2.24, 2.45) is 0 Å². The van der Waals surface area contributed by atoms with Crippen LogP contribution in [0.1, 0.15) is 30.9 Å². The van der Waals surface area contributed by atoms with Gasteiger partial charge in [0.15, 0.2) is 0 Å².